The van der Waals surface area contributed by atoms with Crippen molar-refractivity contribution in [2.24, 2.45) is 0 Å². The lowest BCUT2D eigenvalue weighted by Gasteiger charge is -2.18. The normalized spacial score (nSPS) is 12.7. The number of Topliss-reactive ketones (excluding diaryl/α,β-unsaturated/α-hetero) is 1. The highest BCUT2D eigenvalue weighted by molar-refractivity contribution is 6.15. The second-order valence-electron chi connectivity index (χ2n) is 9.08. The maximum Gasteiger partial charge on any atom is 0.338 e. The largest absolute Gasteiger partial charge is 0.493 e. The summed E-state index contributed by atoms with van der Waals surface area (Å²) in [6.07, 6.45) is 1.35. The zero-order valence-electron chi connectivity index (χ0n) is 24.6. The van der Waals surface area contributed by atoms with Crippen LogP contribution in [0.25, 0.3) is 17.2 Å². The van der Waals surface area contributed by atoms with Crippen molar-refractivity contribution in [3.63, 3.8) is 0 Å². The minimum absolute atomic E-state index is 0.0422. The third-order valence-corrected chi connectivity index (χ3v) is 6.93. The predicted molar refractivity (Wildman–Crippen MR) is 153 cm³/mol. The molecule has 0 saturated heterocycles. The van der Waals surface area contributed by atoms with Crippen LogP contribution >= 0.6 is 0 Å². The molecule has 0 radical (unpaired) electrons. The number of ketones is 1. The number of rotatable bonds is 10. The van der Waals surface area contributed by atoms with E-state index in [1.165, 1.54) is 66.9 Å². The number of fused-ring (bicyclic) bond motifs is 2. The third kappa shape index (κ3) is 4.86. The quantitative estimate of drug-likeness (QED) is 0.139. The summed E-state index contributed by atoms with van der Waals surface area (Å²) in [6.45, 7) is -0.322. The van der Waals surface area contributed by atoms with Gasteiger partial charge in [0.2, 0.25) is 36.6 Å². The smallest absolute Gasteiger partial charge is 0.338 e. The minimum Gasteiger partial charge on any atom is -0.493 e. The van der Waals surface area contributed by atoms with Crippen LogP contribution in [0.4, 0.5) is 0 Å². The number of nitrogens with zero attached hydrogens (tertiary/aromatic N) is 1. The van der Waals surface area contributed by atoms with E-state index in [1.54, 1.807) is 6.07 Å². The van der Waals surface area contributed by atoms with Crippen LogP contribution in [0.5, 0.6) is 51.7 Å². The molecule has 3 aromatic carbocycles. The van der Waals surface area contributed by atoms with Gasteiger partial charge in [0.15, 0.2) is 34.5 Å². The van der Waals surface area contributed by atoms with Crippen LogP contribution in [0, 0.1) is 11.3 Å². The van der Waals surface area contributed by atoms with Crippen LogP contribution in [0.15, 0.2) is 29.8 Å². The minimum atomic E-state index is -0.719. The molecular weight excluding hydrogens is 578 g/mol. The molecule has 13 nitrogen and oxygen atoms in total. The first kappa shape index (κ1) is 29.7. The van der Waals surface area contributed by atoms with Gasteiger partial charge in [-0.2, -0.15) is 5.26 Å². The van der Waals surface area contributed by atoms with Gasteiger partial charge in [-0.25, -0.2) is 4.79 Å². The number of hydrogen-bond acceptors (Lipinski definition) is 13. The van der Waals surface area contributed by atoms with Crippen molar-refractivity contribution in [3.8, 4) is 68.9 Å². The molecule has 0 fully saturated rings. The first-order chi connectivity index (χ1) is 21.3. The van der Waals surface area contributed by atoms with E-state index < -0.39 is 11.8 Å². The topological polar surface area (TPSA) is 150 Å². The molecule has 2 aliphatic rings. The van der Waals surface area contributed by atoms with Crippen molar-refractivity contribution < 1.29 is 57.0 Å². The van der Waals surface area contributed by atoms with Crippen LogP contribution in [0.3, 0.4) is 0 Å². The fourth-order valence-electron chi connectivity index (χ4n) is 4.96. The van der Waals surface area contributed by atoms with Crippen LogP contribution in [0.1, 0.15) is 26.3 Å². The summed E-state index contributed by atoms with van der Waals surface area (Å²) in [5, 5.41) is 10.2. The second-order valence-corrected chi connectivity index (χ2v) is 9.08. The standard InChI is InChI=1S/C31H27NO12/c1-35-19-9-16(10-20(36-2)26(19)39-5)25(33)17(12-32)7-15-8-21(37-3)27-29(43-13-41-27)23(15)24-18(31(34)40-6)11-22(38-4)28-30(24)44-14-42-28/h7-11H,13-14H2,1-6H3/b17-7+. The van der Waals surface area contributed by atoms with E-state index in [1.807, 2.05) is 6.07 Å². The second kappa shape index (κ2) is 12.2. The van der Waals surface area contributed by atoms with E-state index in [-0.39, 0.29) is 98.7 Å². The Morgan fingerprint density at radius 2 is 1.23 bits per heavy atom. The van der Waals surface area contributed by atoms with Gasteiger partial charge in [-0.15, -0.1) is 0 Å². The molecule has 2 heterocycles. The lowest BCUT2D eigenvalue weighted by molar-refractivity contribution is 0.0600. The van der Waals surface area contributed by atoms with Crippen molar-refractivity contribution in [2.75, 3.05) is 56.2 Å². The highest BCUT2D eigenvalue weighted by atomic mass is 16.7. The molecule has 0 aliphatic carbocycles. The van der Waals surface area contributed by atoms with E-state index in [4.69, 9.17) is 47.4 Å². The Labute approximate surface area is 251 Å². The van der Waals surface area contributed by atoms with Gasteiger partial charge in [0.25, 0.3) is 0 Å². The van der Waals surface area contributed by atoms with Crippen LogP contribution < -0.4 is 42.6 Å². The summed E-state index contributed by atoms with van der Waals surface area (Å²) < 4.78 is 55.2. The zero-order chi connectivity index (χ0) is 31.5. The predicted octanol–water partition coefficient (Wildman–Crippen LogP) is 4.43. The van der Waals surface area contributed by atoms with Crippen LogP contribution in [-0.2, 0) is 4.74 Å². The zero-order valence-corrected chi connectivity index (χ0v) is 24.6. The van der Waals surface area contributed by atoms with Gasteiger partial charge in [-0.05, 0) is 35.9 Å². The summed E-state index contributed by atoms with van der Waals surface area (Å²) in [5.41, 5.74) is 0.589. The number of carbonyl (C=O) groups excluding carboxylic acids is 2. The summed E-state index contributed by atoms with van der Waals surface area (Å²) in [7, 11) is 8.34. The summed E-state index contributed by atoms with van der Waals surface area (Å²) in [6, 6.07) is 7.85. The molecule has 3 aromatic rings. The van der Waals surface area contributed by atoms with Crippen molar-refractivity contribution in [2.45, 2.75) is 0 Å². The molecular formula is C31H27NO12. The fraction of sp³-hybridized carbons (Fsp3) is 0.258. The van der Waals surface area contributed by atoms with Gasteiger partial charge in [0.05, 0.1) is 48.2 Å². The lowest BCUT2D eigenvalue weighted by atomic mass is 9.90. The number of hydrogen-bond donors (Lipinski definition) is 0. The van der Waals surface area contributed by atoms with Gasteiger partial charge in [0.1, 0.15) is 11.6 Å². The van der Waals surface area contributed by atoms with E-state index in [0.29, 0.717) is 0 Å². The van der Waals surface area contributed by atoms with Crippen molar-refractivity contribution in [3.05, 3.63) is 46.5 Å². The molecule has 228 valence electrons. The summed E-state index contributed by atoms with van der Waals surface area (Å²) in [4.78, 5) is 26.9. The number of esters is 1. The van der Waals surface area contributed by atoms with E-state index in [0.717, 1.165) is 0 Å². The summed E-state index contributed by atoms with van der Waals surface area (Å²) >= 11 is 0. The average Bonchev–Trinajstić information content (AvgIpc) is 3.75. The average molecular weight is 606 g/mol. The van der Waals surface area contributed by atoms with Crippen molar-refractivity contribution in [1.82, 2.24) is 0 Å². The highest BCUT2D eigenvalue weighted by Crippen LogP contribution is 2.57. The van der Waals surface area contributed by atoms with Crippen LogP contribution in [0.2, 0.25) is 0 Å². The molecule has 0 saturated carbocycles. The Morgan fingerprint density at radius 1 is 0.705 bits per heavy atom. The number of ether oxygens (including phenoxy) is 10. The Balaban J connectivity index is 1.80. The van der Waals surface area contributed by atoms with Crippen molar-refractivity contribution >= 4 is 17.8 Å². The number of benzene rings is 3. The lowest BCUT2D eigenvalue weighted by Crippen LogP contribution is -2.07. The fourth-order valence-corrected chi connectivity index (χ4v) is 4.96. The molecule has 0 bridgehead atoms. The Morgan fingerprint density at radius 3 is 1.73 bits per heavy atom. The summed E-state index contributed by atoms with van der Waals surface area (Å²) in [5.74, 6) is 0.684. The Bertz CT molecular complexity index is 1710. The molecule has 0 unspecified atom stereocenters. The number of carbonyl (C=O) groups is 2. The number of methoxy groups -OCH3 is 6. The first-order valence-corrected chi connectivity index (χ1v) is 12.9. The third-order valence-electron chi connectivity index (χ3n) is 6.93. The SMILES string of the molecule is COC(=O)c1cc(OC)c2c(c1-c1c(/C=C(\C#N)C(=O)c3cc(OC)c(OC)c(OC)c3)cc(OC)c3c1OCO3)OCO2. The van der Waals surface area contributed by atoms with Gasteiger partial charge in [0, 0.05) is 16.7 Å². The van der Waals surface area contributed by atoms with Gasteiger partial charge >= 0.3 is 5.97 Å². The Hall–Kier alpha value is -5.77. The number of allylic oxidation sites excluding steroid dienone is 1. The molecule has 0 aromatic heterocycles. The number of nitriles is 1. The van der Waals surface area contributed by atoms with E-state index in [2.05, 4.69) is 0 Å². The van der Waals surface area contributed by atoms with E-state index >= 15 is 0 Å². The van der Waals surface area contributed by atoms with Crippen molar-refractivity contribution in [1.29, 1.82) is 5.26 Å². The Kier molecular flexibility index (Phi) is 8.25. The molecule has 0 spiro atoms. The molecule has 2 aliphatic heterocycles. The van der Waals surface area contributed by atoms with E-state index in [9.17, 15) is 14.9 Å². The molecule has 0 amide bonds. The molecule has 44 heavy (non-hydrogen) atoms. The maximum absolute atomic E-state index is 13.8. The first-order valence-electron chi connectivity index (χ1n) is 12.9. The van der Waals surface area contributed by atoms with Gasteiger partial charge < -0.3 is 47.4 Å². The van der Waals surface area contributed by atoms with Gasteiger partial charge in [-0.3, -0.25) is 4.79 Å². The highest BCUT2D eigenvalue weighted by Gasteiger charge is 2.36. The molecule has 0 N–H and O–H groups in total. The molecule has 13 heteroatoms. The maximum atomic E-state index is 13.8. The van der Waals surface area contributed by atoms with Crippen LogP contribution in [-0.4, -0.2) is 68.0 Å². The molecule has 0 atom stereocenters. The molecule has 5 rings (SSSR count). The monoisotopic (exact) mass is 605 g/mol. The van der Waals surface area contributed by atoms with Gasteiger partial charge in [-0.1, -0.05) is 0 Å².